The molecule has 1 N–H and O–H groups in total. The predicted molar refractivity (Wildman–Crippen MR) is 83.4 cm³/mol. The Hall–Kier alpha value is -0.390. The quantitative estimate of drug-likeness (QED) is 0.435. The molecule has 2 atom stereocenters. The van der Waals surface area contributed by atoms with Crippen LogP contribution in [-0.4, -0.2) is 25.8 Å². The summed E-state index contributed by atoms with van der Waals surface area (Å²) >= 11 is 5.70. The molecule has 0 saturated carbocycles. The van der Waals surface area contributed by atoms with Gasteiger partial charge in [0.05, 0.1) is 4.90 Å². The first-order chi connectivity index (χ1) is 9.66. The van der Waals surface area contributed by atoms with Crippen molar-refractivity contribution in [3.63, 3.8) is 0 Å². The monoisotopic (exact) mass is 354 g/mol. The van der Waals surface area contributed by atoms with E-state index < -0.39 is 23.3 Å². The molecule has 0 aliphatic rings. The molecule has 0 bridgehead atoms. The van der Waals surface area contributed by atoms with Gasteiger partial charge >= 0.3 is 0 Å². The first-order valence-electron chi connectivity index (χ1n) is 6.65. The van der Waals surface area contributed by atoms with E-state index in [1.54, 1.807) is 0 Å². The SMILES string of the molecule is CCCCCC(OS(=O)(=O)c1ccc(Cl)cc1)P(C)(=O)O. The molecule has 0 spiro atoms. The summed E-state index contributed by atoms with van der Waals surface area (Å²) in [5, 5.41) is 0.400. The lowest BCUT2D eigenvalue weighted by Crippen LogP contribution is -2.19. The summed E-state index contributed by atoms with van der Waals surface area (Å²) in [6, 6.07) is 5.46. The lowest BCUT2D eigenvalue weighted by Gasteiger charge is -2.20. The zero-order valence-electron chi connectivity index (χ0n) is 12.0. The van der Waals surface area contributed by atoms with E-state index in [1.165, 1.54) is 24.3 Å². The maximum atomic E-state index is 12.1. The fourth-order valence-electron chi connectivity index (χ4n) is 1.74. The normalized spacial score (nSPS) is 16.4. The van der Waals surface area contributed by atoms with Gasteiger partial charge in [-0.1, -0.05) is 37.8 Å². The van der Waals surface area contributed by atoms with Gasteiger partial charge in [0.1, 0.15) is 0 Å². The summed E-state index contributed by atoms with van der Waals surface area (Å²) in [6.45, 7) is 3.10. The van der Waals surface area contributed by atoms with Crippen molar-refractivity contribution in [1.82, 2.24) is 0 Å². The molecule has 120 valence electrons. The topological polar surface area (TPSA) is 80.7 Å². The Bertz CT molecular complexity index is 593. The van der Waals surface area contributed by atoms with Crippen LogP contribution in [0.25, 0.3) is 0 Å². The molecule has 8 heteroatoms. The molecule has 0 amide bonds. The second-order valence-corrected chi connectivity index (χ2v) is 9.37. The Morgan fingerprint density at radius 2 is 1.86 bits per heavy atom. The molecule has 2 unspecified atom stereocenters. The maximum Gasteiger partial charge on any atom is 0.297 e. The summed E-state index contributed by atoms with van der Waals surface area (Å²) in [4.78, 5) is 9.59. The van der Waals surface area contributed by atoms with Crippen LogP contribution < -0.4 is 0 Å². The Balaban J connectivity index is 2.91. The summed E-state index contributed by atoms with van der Waals surface area (Å²) in [7, 11) is -7.76. The molecule has 1 rings (SSSR count). The average molecular weight is 355 g/mol. The van der Waals surface area contributed by atoms with Crippen LogP contribution in [0.1, 0.15) is 32.6 Å². The van der Waals surface area contributed by atoms with Crippen molar-refractivity contribution in [3.8, 4) is 0 Å². The van der Waals surface area contributed by atoms with Crippen molar-refractivity contribution >= 4 is 29.1 Å². The fraction of sp³-hybridized carbons (Fsp3) is 0.538. The van der Waals surface area contributed by atoms with Gasteiger partial charge in [0.2, 0.25) is 7.37 Å². The Kier molecular flexibility index (Phi) is 6.88. The van der Waals surface area contributed by atoms with Gasteiger partial charge in [-0.3, -0.25) is 8.75 Å². The zero-order valence-corrected chi connectivity index (χ0v) is 14.5. The molecule has 21 heavy (non-hydrogen) atoms. The van der Waals surface area contributed by atoms with Crippen molar-refractivity contribution in [2.45, 2.75) is 43.3 Å². The molecular formula is C13H20ClO5PS. The van der Waals surface area contributed by atoms with E-state index in [0.29, 0.717) is 11.4 Å². The summed E-state index contributed by atoms with van der Waals surface area (Å²) < 4.78 is 41.1. The minimum Gasteiger partial charge on any atom is -0.343 e. The van der Waals surface area contributed by atoms with Gasteiger partial charge in [-0.2, -0.15) is 8.42 Å². The van der Waals surface area contributed by atoms with Crippen LogP contribution in [0.4, 0.5) is 0 Å². The molecule has 0 saturated heterocycles. The minimum atomic E-state index is -4.09. The van der Waals surface area contributed by atoms with Crippen molar-refractivity contribution in [1.29, 1.82) is 0 Å². The lowest BCUT2D eigenvalue weighted by molar-refractivity contribution is 0.246. The molecule has 5 nitrogen and oxygen atoms in total. The van der Waals surface area contributed by atoms with Crippen molar-refractivity contribution in [3.05, 3.63) is 29.3 Å². The Morgan fingerprint density at radius 1 is 1.29 bits per heavy atom. The second kappa shape index (κ2) is 7.75. The highest BCUT2D eigenvalue weighted by Crippen LogP contribution is 2.46. The third-order valence-corrected chi connectivity index (χ3v) is 6.09. The number of benzene rings is 1. The molecule has 0 fully saturated rings. The first kappa shape index (κ1) is 18.7. The molecule has 0 radical (unpaired) electrons. The van der Waals surface area contributed by atoms with E-state index in [9.17, 15) is 17.9 Å². The van der Waals surface area contributed by atoms with Crippen LogP contribution in [-0.2, 0) is 18.9 Å². The van der Waals surface area contributed by atoms with Crippen molar-refractivity contribution in [2.75, 3.05) is 6.66 Å². The van der Waals surface area contributed by atoms with Gasteiger partial charge in [-0.15, -0.1) is 0 Å². The Morgan fingerprint density at radius 3 is 2.33 bits per heavy atom. The number of rotatable bonds is 8. The van der Waals surface area contributed by atoms with Crippen molar-refractivity contribution < 1.29 is 22.1 Å². The van der Waals surface area contributed by atoms with E-state index in [1.807, 2.05) is 6.92 Å². The van der Waals surface area contributed by atoms with E-state index >= 15 is 0 Å². The molecule has 0 aliphatic heterocycles. The molecule has 0 aromatic heterocycles. The van der Waals surface area contributed by atoms with E-state index in [-0.39, 0.29) is 11.3 Å². The standard InChI is InChI=1S/C13H20ClO5PS/c1-3-4-5-6-13(20(2,15)16)19-21(17,18)12-9-7-11(14)8-10-12/h7-10,13H,3-6H2,1-2H3,(H,15,16). The largest absolute Gasteiger partial charge is 0.343 e. The fourth-order valence-corrected chi connectivity index (χ4v) is 4.48. The van der Waals surface area contributed by atoms with Gasteiger partial charge in [0, 0.05) is 11.7 Å². The first-order valence-corrected chi connectivity index (χ1v) is 10.6. The zero-order chi connectivity index (χ0) is 16.1. The van der Waals surface area contributed by atoms with Crippen LogP contribution in [0.5, 0.6) is 0 Å². The highest BCUT2D eigenvalue weighted by Gasteiger charge is 2.32. The molecule has 1 aromatic rings. The van der Waals surface area contributed by atoms with Crippen LogP contribution in [0.15, 0.2) is 29.2 Å². The Labute approximate surface area is 130 Å². The molecule has 0 aliphatic carbocycles. The number of hydrogen-bond donors (Lipinski definition) is 1. The van der Waals surface area contributed by atoms with E-state index in [0.717, 1.165) is 19.5 Å². The van der Waals surface area contributed by atoms with Gasteiger partial charge in [0.25, 0.3) is 10.1 Å². The van der Waals surface area contributed by atoms with Gasteiger partial charge in [0.15, 0.2) is 5.85 Å². The van der Waals surface area contributed by atoms with E-state index in [4.69, 9.17) is 15.8 Å². The highest BCUT2D eigenvalue weighted by molar-refractivity contribution is 7.87. The third kappa shape index (κ3) is 6.09. The number of unbranched alkanes of at least 4 members (excludes halogenated alkanes) is 2. The molecule has 1 aromatic carbocycles. The summed E-state index contributed by atoms with van der Waals surface area (Å²) in [6.07, 6.45) is 2.64. The molecular weight excluding hydrogens is 335 g/mol. The average Bonchev–Trinajstić information content (AvgIpc) is 2.37. The smallest absolute Gasteiger partial charge is 0.297 e. The lowest BCUT2D eigenvalue weighted by atomic mass is 10.2. The minimum absolute atomic E-state index is 0.0826. The third-order valence-electron chi connectivity index (χ3n) is 2.93. The van der Waals surface area contributed by atoms with Gasteiger partial charge in [-0.25, -0.2) is 0 Å². The highest BCUT2D eigenvalue weighted by atomic mass is 35.5. The van der Waals surface area contributed by atoms with Crippen LogP contribution >= 0.6 is 19.0 Å². The summed E-state index contributed by atoms with van der Waals surface area (Å²) in [5.74, 6) is -1.22. The van der Waals surface area contributed by atoms with Gasteiger partial charge in [-0.05, 0) is 30.7 Å². The summed E-state index contributed by atoms with van der Waals surface area (Å²) in [5.41, 5.74) is 0. The van der Waals surface area contributed by atoms with Crippen molar-refractivity contribution in [2.24, 2.45) is 0 Å². The van der Waals surface area contributed by atoms with E-state index in [2.05, 4.69) is 0 Å². The van der Waals surface area contributed by atoms with Gasteiger partial charge < -0.3 is 4.89 Å². The number of halogens is 1. The maximum absolute atomic E-state index is 12.1. The van der Waals surface area contributed by atoms with Crippen LogP contribution in [0.2, 0.25) is 5.02 Å². The predicted octanol–water partition coefficient (Wildman–Crippen LogP) is 3.85. The van der Waals surface area contributed by atoms with Crippen LogP contribution in [0, 0.1) is 0 Å². The molecule has 0 heterocycles. The number of hydrogen-bond acceptors (Lipinski definition) is 4. The van der Waals surface area contributed by atoms with Crippen LogP contribution in [0.3, 0.4) is 0 Å². The second-order valence-electron chi connectivity index (χ2n) is 4.90.